The van der Waals surface area contributed by atoms with Crippen molar-refractivity contribution in [2.75, 3.05) is 27.4 Å². The summed E-state index contributed by atoms with van der Waals surface area (Å²) in [5.74, 6) is 0.0533. The van der Waals surface area contributed by atoms with E-state index in [1.54, 1.807) is 13.2 Å². The first-order valence-electron chi connectivity index (χ1n) is 7.90. The molecule has 0 aliphatic carbocycles. The number of likely N-dealkylation sites (tertiary alicyclic amines) is 1. The highest BCUT2D eigenvalue weighted by molar-refractivity contribution is 5.80. The third-order valence-electron chi connectivity index (χ3n) is 4.74. The van der Waals surface area contributed by atoms with Gasteiger partial charge in [-0.3, -0.25) is 4.79 Å². The Labute approximate surface area is 135 Å². The van der Waals surface area contributed by atoms with Gasteiger partial charge < -0.3 is 19.1 Å². The molecule has 0 bridgehead atoms. The molecule has 1 amide bonds. The number of fused-ring (bicyclic) bond motifs is 1. The maximum Gasteiger partial charge on any atom is 0.227 e. The molecule has 3 rings (SSSR count). The summed E-state index contributed by atoms with van der Waals surface area (Å²) in [7, 11) is 3.16. The molecule has 23 heavy (non-hydrogen) atoms. The predicted octanol–water partition coefficient (Wildman–Crippen LogP) is 1.78. The second-order valence-corrected chi connectivity index (χ2v) is 5.97. The molecule has 0 radical (unpaired) electrons. The zero-order valence-corrected chi connectivity index (χ0v) is 13.5. The molecule has 126 valence electrons. The number of halogens is 1. The Bertz CT molecular complexity index is 580. The molecule has 2 aliphatic rings. The largest absolute Gasteiger partial charge is 0.496 e. The van der Waals surface area contributed by atoms with Crippen molar-refractivity contribution in [3.8, 4) is 5.75 Å². The van der Waals surface area contributed by atoms with Gasteiger partial charge in [0.05, 0.1) is 25.7 Å². The Balaban J connectivity index is 1.73. The van der Waals surface area contributed by atoms with Crippen molar-refractivity contribution in [2.24, 2.45) is 0 Å². The van der Waals surface area contributed by atoms with E-state index in [0.29, 0.717) is 24.5 Å². The van der Waals surface area contributed by atoms with E-state index in [1.807, 2.05) is 4.90 Å². The second kappa shape index (κ2) is 6.84. The molecule has 0 unspecified atom stereocenters. The quantitative estimate of drug-likeness (QED) is 0.847. The minimum Gasteiger partial charge on any atom is -0.496 e. The van der Waals surface area contributed by atoms with Crippen LogP contribution in [0.4, 0.5) is 4.39 Å². The van der Waals surface area contributed by atoms with Crippen molar-refractivity contribution in [1.29, 1.82) is 0 Å². The number of piperidine rings is 1. The van der Waals surface area contributed by atoms with Gasteiger partial charge in [-0.15, -0.1) is 0 Å². The van der Waals surface area contributed by atoms with Gasteiger partial charge in [0, 0.05) is 31.9 Å². The number of carbonyl (C=O) groups excluding carboxylic acids is 1. The molecule has 0 spiro atoms. The van der Waals surface area contributed by atoms with Crippen LogP contribution in [0.15, 0.2) is 18.2 Å². The van der Waals surface area contributed by atoms with Crippen molar-refractivity contribution in [3.63, 3.8) is 0 Å². The van der Waals surface area contributed by atoms with E-state index in [2.05, 4.69) is 0 Å². The molecule has 2 fully saturated rings. The van der Waals surface area contributed by atoms with E-state index >= 15 is 0 Å². The van der Waals surface area contributed by atoms with Gasteiger partial charge in [0.15, 0.2) is 0 Å². The monoisotopic (exact) mass is 323 g/mol. The molecular formula is C17H22FNO4. The summed E-state index contributed by atoms with van der Waals surface area (Å²) in [5.41, 5.74) is 0.697. The summed E-state index contributed by atoms with van der Waals surface area (Å²) >= 11 is 0. The molecule has 1 aromatic carbocycles. The number of methoxy groups -OCH3 is 2. The number of carbonyl (C=O) groups is 1. The van der Waals surface area contributed by atoms with Crippen molar-refractivity contribution < 1.29 is 23.4 Å². The van der Waals surface area contributed by atoms with E-state index in [0.717, 1.165) is 12.8 Å². The van der Waals surface area contributed by atoms with Crippen LogP contribution in [0.3, 0.4) is 0 Å². The first-order chi connectivity index (χ1) is 11.1. The van der Waals surface area contributed by atoms with Crippen LogP contribution in [0.2, 0.25) is 0 Å². The standard InChI is InChI=1S/C17H22FNO4/c1-21-14-5-7-19(13-6-8-23-17(13)14)16(20)9-11-3-4-12(18)10-15(11)22-2/h3-4,10,13-14,17H,5-9H2,1-2H3/t13-,14-,17-/m1/s1. The van der Waals surface area contributed by atoms with Gasteiger partial charge in [0.1, 0.15) is 17.7 Å². The molecule has 0 N–H and O–H groups in total. The molecule has 2 aliphatic heterocycles. The first-order valence-corrected chi connectivity index (χ1v) is 7.90. The third kappa shape index (κ3) is 3.19. The lowest BCUT2D eigenvalue weighted by atomic mass is 9.94. The fraction of sp³-hybridized carbons (Fsp3) is 0.588. The number of ether oxygens (including phenoxy) is 3. The molecule has 2 heterocycles. The molecule has 0 aromatic heterocycles. The number of rotatable bonds is 4. The number of hydrogen-bond acceptors (Lipinski definition) is 4. The molecule has 3 atom stereocenters. The highest BCUT2D eigenvalue weighted by Gasteiger charge is 2.44. The van der Waals surface area contributed by atoms with Crippen molar-refractivity contribution in [3.05, 3.63) is 29.6 Å². The number of hydrogen-bond donors (Lipinski definition) is 0. The number of nitrogens with zero attached hydrogens (tertiary/aromatic N) is 1. The SMILES string of the molecule is COc1cc(F)ccc1CC(=O)N1CC[C@@H](OC)[C@@H]2OCC[C@H]21. The molecule has 6 heteroatoms. The highest BCUT2D eigenvalue weighted by atomic mass is 19.1. The Morgan fingerprint density at radius 3 is 2.96 bits per heavy atom. The molecular weight excluding hydrogens is 301 g/mol. The van der Waals surface area contributed by atoms with Crippen molar-refractivity contribution in [2.45, 2.75) is 37.5 Å². The first kappa shape index (κ1) is 16.2. The minimum atomic E-state index is -0.372. The van der Waals surface area contributed by atoms with E-state index < -0.39 is 0 Å². The Hall–Kier alpha value is -1.66. The number of benzene rings is 1. The fourth-order valence-corrected chi connectivity index (χ4v) is 3.58. The fourth-order valence-electron chi connectivity index (χ4n) is 3.58. The summed E-state index contributed by atoms with van der Waals surface area (Å²) in [4.78, 5) is 14.6. The smallest absolute Gasteiger partial charge is 0.227 e. The van der Waals surface area contributed by atoms with E-state index in [4.69, 9.17) is 14.2 Å². The normalized spacial score (nSPS) is 26.9. The minimum absolute atomic E-state index is 0.0185. The Morgan fingerprint density at radius 2 is 2.22 bits per heavy atom. The molecule has 2 saturated heterocycles. The van der Waals surface area contributed by atoms with Gasteiger partial charge in [0.2, 0.25) is 5.91 Å². The van der Waals surface area contributed by atoms with Crippen LogP contribution < -0.4 is 4.74 Å². The van der Waals surface area contributed by atoms with Gasteiger partial charge in [-0.2, -0.15) is 0 Å². The lowest BCUT2D eigenvalue weighted by Crippen LogP contribution is -2.55. The zero-order chi connectivity index (χ0) is 16.4. The Kier molecular flexibility index (Phi) is 4.82. The maximum atomic E-state index is 13.3. The predicted molar refractivity (Wildman–Crippen MR) is 81.9 cm³/mol. The molecule has 1 aromatic rings. The summed E-state index contributed by atoms with van der Waals surface area (Å²) in [6.45, 7) is 1.31. The highest BCUT2D eigenvalue weighted by Crippen LogP contribution is 2.31. The van der Waals surface area contributed by atoms with Gasteiger partial charge in [-0.05, 0) is 18.9 Å². The van der Waals surface area contributed by atoms with Crippen LogP contribution in [0.5, 0.6) is 5.75 Å². The van der Waals surface area contributed by atoms with Crippen LogP contribution in [-0.2, 0) is 20.7 Å². The van der Waals surface area contributed by atoms with Crippen LogP contribution in [0.25, 0.3) is 0 Å². The van der Waals surface area contributed by atoms with Crippen LogP contribution in [-0.4, -0.2) is 56.4 Å². The maximum absolute atomic E-state index is 13.3. The average Bonchev–Trinajstić information content (AvgIpc) is 3.05. The summed E-state index contributed by atoms with van der Waals surface area (Å²) < 4.78 is 29.7. The summed E-state index contributed by atoms with van der Waals surface area (Å²) in [6, 6.07) is 4.33. The summed E-state index contributed by atoms with van der Waals surface area (Å²) in [5, 5.41) is 0. The van der Waals surface area contributed by atoms with Crippen LogP contribution in [0.1, 0.15) is 18.4 Å². The Morgan fingerprint density at radius 1 is 1.39 bits per heavy atom. The number of amides is 1. The topological polar surface area (TPSA) is 48.0 Å². The van der Waals surface area contributed by atoms with Gasteiger partial charge in [0.25, 0.3) is 0 Å². The van der Waals surface area contributed by atoms with Gasteiger partial charge in [-0.1, -0.05) is 6.07 Å². The lowest BCUT2D eigenvalue weighted by molar-refractivity contribution is -0.142. The average molecular weight is 323 g/mol. The lowest BCUT2D eigenvalue weighted by Gasteiger charge is -2.40. The van der Waals surface area contributed by atoms with E-state index in [-0.39, 0.29) is 36.4 Å². The third-order valence-corrected chi connectivity index (χ3v) is 4.74. The van der Waals surface area contributed by atoms with Crippen LogP contribution in [0, 0.1) is 5.82 Å². The van der Waals surface area contributed by atoms with Gasteiger partial charge >= 0.3 is 0 Å². The van der Waals surface area contributed by atoms with E-state index in [9.17, 15) is 9.18 Å². The zero-order valence-electron chi connectivity index (χ0n) is 13.5. The molecule has 0 saturated carbocycles. The van der Waals surface area contributed by atoms with Crippen molar-refractivity contribution in [1.82, 2.24) is 4.90 Å². The summed E-state index contributed by atoms with van der Waals surface area (Å²) in [6.07, 6.45) is 1.80. The second-order valence-electron chi connectivity index (χ2n) is 5.97. The van der Waals surface area contributed by atoms with Crippen molar-refractivity contribution >= 4 is 5.91 Å². The van der Waals surface area contributed by atoms with Gasteiger partial charge in [-0.25, -0.2) is 4.39 Å². The molecule has 5 nitrogen and oxygen atoms in total. The van der Waals surface area contributed by atoms with Crippen LogP contribution >= 0.6 is 0 Å². The van der Waals surface area contributed by atoms with E-state index in [1.165, 1.54) is 19.2 Å².